The lowest BCUT2D eigenvalue weighted by Crippen LogP contribution is -2.24. The van der Waals surface area contributed by atoms with Gasteiger partial charge >= 0.3 is 0 Å². The second-order valence-corrected chi connectivity index (χ2v) is 3.24. The van der Waals surface area contributed by atoms with Gasteiger partial charge in [0.25, 0.3) is 5.56 Å². The van der Waals surface area contributed by atoms with Gasteiger partial charge in [-0.1, -0.05) is 6.07 Å². The van der Waals surface area contributed by atoms with Crippen LogP contribution in [0.4, 0.5) is 0 Å². The Kier molecular flexibility index (Phi) is 3.10. The van der Waals surface area contributed by atoms with Crippen LogP contribution in [0.25, 0.3) is 0 Å². The molecule has 1 heterocycles. The average Bonchev–Trinajstić information content (AvgIpc) is 2.11. The number of halogens is 1. The molecule has 0 aliphatic rings. The van der Waals surface area contributed by atoms with Gasteiger partial charge in [0.1, 0.15) is 5.38 Å². The van der Waals surface area contributed by atoms with Gasteiger partial charge in [0.2, 0.25) is 0 Å². The Hall–Kier alpha value is -1.27. The van der Waals surface area contributed by atoms with Crippen molar-refractivity contribution in [1.82, 2.24) is 4.57 Å². The van der Waals surface area contributed by atoms with Gasteiger partial charge in [0.15, 0.2) is 0 Å². The van der Waals surface area contributed by atoms with E-state index in [-0.39, 0.29) is 12.1 Å². The zero-order chi connectivity index (χ0) is 9.84. The number of alkyl halides is 1. The number of aromatic nitrogens is 1. The first-order valence-corrected chi connectivity index (χ1v) is 4.29. The lowest BCUT2D eigenvalue weighted by Gasteiger charge is -2.08. The van der Waals surface area contributed by atoms with Crippen molar-refractivity contribution in [2.45, 2.75) is 18.8 Å². The molecule has 1 unspecified atom stereocenters. The van der Waals surface area contributed by atoms with Crippen LogP contribution in [0.3, 0.4) is 0 Å². The van der Waals surface area contributed by atoms with Crippen LogP contribution in [0.2, 0.25) is 0 Å². The molecule has 1 aromatic rings. The van der Waals surface area contributed by atoms with Gasteiger partial charge in [0, 0.05) is 11.8 Å². The molecule has 0 saturated carbocycles. The first kappa shape index (κ1) is 9.82. The fourth-order valence-corrected chi connectivity index (χ4v) is 1.20. The number of hydrogen-bond donors (Lipinski definition) is 0. The fourth-order valence-electron chi connectivity index (χ4n) is 1.06. The van der Waals surface area contributed by atoms with Gasteiger partial charge < -0.3 is 4.57 Å². The number of hydrogen-bond acceptors (Lipinski definition) is 2. The van der Waals surface area contributed by atoms with E-state index in [2.05, 4.69) is 0 Å². The van der Waals surface area contributed by atoms with Crippen molar-refractivity contribution in [3.8, 4) is 6.07 Å². The molecule has 0 aliphatic heterocycles. The predicted molar refractivity (Wildman–Crippen MR) is 50.7 cm³/mol. The lowest BCUT2D eigenvalue weighted by atomic mass is 10.3. The highest BCUT2D eigenvalue weighted by molar-refractivity contribution is 6.22. The quantitative estimate of drug-likeness (QED) is 0.670. The van der Waals surface area contributed by atoms with E-state index in [1.165, 1.54) is 10.6 Å². The van der Waals surface area contributed by atoms with Gasteiger partial charge in [-0.25, -0.2) is 0 Å². The highest BCUT2D eigenvalue weighted by atomic mass is 35.5. The smallest absolute Gasteiger partial charge is 0.250 e. The highest BCUT2D eigenvalue weighted by Crippen LogP contribution is 2.00. The van der Waals surface area contributed by atoms with Crippen LogP contribution in [0.1, 0.15) is 5.69 Å². The molecule has 3 nitrogen and oxygen atoms in total. The normalized spacial score (nSPS) is 12.1. The third-order valence-electron chi connectivity index (χ3n) is 1.75. The molecule has 68 valence electrons. The molecule has 0 N–H and O–H groups in total. The molecule has 1 rings (SSSR count). The molecule has 0 amide bonds. The summed E-state index contributed by atoms with van der Waals surface area (Å²) in [6.07, 6.45) is 0. The molecule has 0 bridgehead atoms. The second kappa shape index (κ2) is 4.11. The Morgan fingerprint density at radius 1 is 1.69 bits per heavy atom. The summed E-state index contributed by atoms with van der Waals surface area (Å²) in [5.41, 5.74) is 0.689. The van der Waals surface area contributed by atoms with Gasteiger partial charge in [-0.05, 0) is 13.0 Å². The lowest BCUT2D eigenvalue weighted by molar-refractivity contribution is 0.668. The van der Waals surface area contributed by atoms with E-state index in [9.17, 15) is 4.79 Å². The Bertz CT molecular complexity index is 391. The minimum atomic E-state index is -0.654. The summed E-state index contributed by atoms with van der Waals surface area (Å²) in [5, 5.41) is 7.83. The van der Waals surface area contributed by atoms with Crippen molar-refractivity contribution in [3.63, 3.8) is 0 Å². The number of nitriles is 1. The van der Waals surface area contributed by atoms with Crippen LogP contribution in [-0.4, -0.2) is 9.94 Å². The predicted octanol–water partition coefficient (Wildman–Crippen LogP) is 1.29. The summed E-state index contributed by atoms with van der Waals surface area (Å²) in [4.78, 5) is 11.3. The molecule has 0 aliphatic carbocycles. The molecule has 0 radical (unpaired) electrons. The standard InChI is InChI=1S/C9H9ClN2O/c1-7-3-2-4-9(13)12(7)6-8(10)5-11/h2-4,8H,6H2,1H3. The van der Waals surface area contributed by atoms with Crippen LogP contribution in [0, 0.1) is 18.3 Å². The van der Waals surface area contributed by atoms with E-state index in [4.69, 9.17) is 16.9 Å². The molecule has 0 spiro atoms. The molecule has 13 heavy (non-hydrogen) atoms. The van der Waals surface area contributed by atoms with Crippen molar-refractivity contribution >= 4 is 11.6 Å². The van der Waals surface area contributed by atoms with Crippen LogP contribution in [0.5, 0.6) is 0 Å². The zero-order valence-corrected chi connectivity index (χ0v) is 7.95. The third kappa shape index (κ3) is 2.33. The first-order valence-electron chi connectivity index (χ1n) is 3.85. The maximum Gasteiger partial charge on any atom is 0.250 e. The summed E-state index contributed by atoms with van der Waals surface area (Å²) in [5.74, 6) is 0. The molecular formula is C9H9ClN2O. The molecule has 0 aromatic carbocycles. The Balaban J connectivity index is 3.02. The topological polar surface area (TPSA) is 45.8 Å². The van der Waals surface area contributed by atoms with Gasteiger partial charge in [-0.15, -0.1) is 11.6 Å². The van der Waals surface area contributed by atoms with Crippen LogP contribution in [-0.2, 0) is 6.54 Å². The summed E-state index contributed by atoms with van der Waals surface area (Å²) in [6.45, 7) is 2.05. The Morgan fingerprint density at radius 3 is 2.92 bits per heavy atom. The molecule has 4 heteroatoms. The average molecular weight is 197 g/mol. The summed E-state index contributed by atoms with van der Waals surface area (Å²) >= 11 is 5.62. The van der Waals surface area contributed by atoms with E-state index in [1.807, 2.05) is 19.1 Å². The van der Waals surface area contributed by atoms with Crippen molar-refractivity contribution < 1.29 is 0 Å². The molecule has 1 aromatic heterocycles. The second-order valence-electron chi connectivity index (χ2n) is 2.71. The van der Waals surface area contributed by atoms with E-state index in [0.29, 0.717) is 0 Å². The first-order chi connectivity index (χ1) is 6.15. The van der Waals surface area contributed by atoms with Gasteiger partial charge in [-0.2, -0.15) is 5.26 Å². The van der Waals surface area contributed by atoms with Gasteiger partial charge in [-0.3, -0.25) is 4.79 Å². The highest BCUT2D eigenvalue weighted by Gasteiger charge is 2.05. The summed E-state index contributed by atoms with van der Waals surface area (Å²) in [7, 11) is 0. The Morgan fingerprint density at radius 2 is 2.38 bits per heavy atom. The van der Waals surface area contributed by atoms with Crippen LogP contribution in [0.15, 0.2) is 23.0 Å². The molecule has 0 saturated heterocycles. The summed E-state index contributed by atoms with van der Waals surface area (Å²) < 4.78 is 1.49. The third-order valence-corrected chi connectivity index (χ3v) is 1.99. The molecule has 0 fully saturated rings. The number of rotatable bonds is 2. The largest absolute Gasteiger partial charge is 0.310 e. The van der Waals surface area contributed by atoms with Crippen molar-refractivity contribution in [2.24, 2.45) is 0 Å². The molecular weight excluding hydrogens is 188 g/mol. The van der Waals surface area contributed by atoms with E-state index >= 15 is 0 Å². The van der Waals surface area contributed by atoms with Crippen LogP contribution >= 0.6 is 11.6 Å². The van der Waals surface area contributed by atoms with Crippen molar-refractivity contribution in [2.75, 3.05) is 0 Å². The number of nitrogens with zero attached hydrogens (tertiary/aromatic N) is 2. The maximum atomic E-state index is 11.3. The van der Waals surface area contributed by atoms with E-state index in [0.717, 1.165) is 5.69 Å². The zero-order valence-electron chi connectivity index (χ0n) is 7.20. The SMILES string of the molecule is Cc1cccc(=O)n1CC(Cl)C#N. The Labute approximate surface area is 81.2 Å². The summed E-state index contributed by atoms with van der Waals surface area (Å²) in [6, 6.07) is 6.82. The van der Waals surface area contributed by atoms with E-state index < -0.39 is 5.38 Å². The van der Waals surface area contributed by atoms with E-state index in [1.54, 1.807) is 6.07 Å². The van der Waals surface area contributed by atoms with Crippen molar-refractivity contribution in [3.05, 3.63) is 34.2 Å². The maximum absolute atomic E-state index is 11.3. The monoisotopic (exact) mass is 196 g/mol. The van der Waals surface area contributed by atoms with Crippen LogP contribution < -0.4 is 5.56 Å². The fraction of sp³-hybridized carbons (Fsp3) is 0.333. The minimum absolute atomic E-state index is 0.124. The van der Waals surface area contributed by atoms with Crippen molar-refractivity contribution in [1.29, 1.82) is 5.26 Å². The van der Waals surface area contributed by atoms with Gasteiger partial charge in [0.05, 0.1) is 12.6 Å². The molecule has 1 atom stereocenters. The number of pyridine rings is 1. The minimum Gasteiger partial charge on any atom is -0.310 e. The number of aryl methyl sites for hydroxylation is 1.